The van der Waals surface area contributed by atoms with Crippen molar-refractivity contribution < 1.29 is 52.7 Å². The van der Waals surface area contributed by atoms with E-state index in [1.165, 1.54) is 24.2 Å². The van der Waals surface area contributed by atoms with Gasteiger partial charge in [-0.25, -0.2) is 0 Å². The predicted octanol–water partition coefficient (Wildman–Crippen LogP) is -0.886. The van der Waals surface area contributed by atoms with Crippen LogP contribution in [0.1, 0.15) is 141 Å². The Balaban J connectivity index is 1.17. The number of rotatable bonds is 38. The molecule has 0 aromatic heterocycles. The summed E-state index contributed by atoms with van der Waals surface area (Å²) in [6.07, 6.45) is 8.08. The molecule has 0 radical (unpaired) electrons. The summed E-state index contributed by atoms with van der Waals surface area (Å²) in [6, 6.07) is 5.83. The van der Waals surface area contributed by atoms with Gasteiger partial charge in [-0.05, 0) is 162 Å². The first-order valence-corrected chi connectivity index (χ1v) is 32.4. The third kappa shape index (κ3) is 22.4. The number of amides is 10. The van der Waals surface area contributed by atoms with Gasteiger partial charge in [-0.3, -0.25) is 57.9 Å². The molecule has 21 N–H and O–H groups in total. The van der Waals surface area contributed by atoms with Crippen LogP contribution >= 0.6 is 0 Å². The molecule has 0 unspecified atom stereocenters. The summed E-state index contributed by atoms with van der Waals surface area (Å²) in [5.41, 5.74) is 40.3. The van der Waals surface area contributed by atoms with Crippen molar-refractivity contribution in [3.8, 4) is 5.75 Å². The van der Waals surface area contributed by atoms with Gasteiger partial charge in [0.25, 0.3) is 0 Å². The molecule has 7 rings (SSSR count). The van der Waals surface area contributed by atoms with Crippen molar-refractivity contribution in [1.82, 2.24) is 42.1 Å². The Morgan fingerprint density at radius 1 is 0.587 bits per heavy atom. The second kappa shape index (κ2) is 35.3. The molecule has 4 bridgehead atoms. The third-order valence-electron chi connectivity index (χ3n) is 17.8. The van der Waals surface area contributed by atoms with Gasteiger partial charge >= 0.3 is 0 Å². The van der Waals surface area contributed by atoms with E-state index in [-0.39, 0.29) is 101 Å². The van der Waals surface area contributed by atoms with Crippen LogP contribution in [0, 0.1) is 29.1 Å². The van der Waals surface area contributed by atoms with Crippen LogP contribution in [-0.4, -0.2) is 157 Å². The number of nitrogens with two attached hydrogens (primary N) is 7. The highest BCUT2D eigenvalue weighted by Crippen LogP contribution is 2.61. The summed E-state index contributed by atoms with van der Waals surface area (Å²) in [6.45, 7) is 6.19. The zero-order chi connectivity index (χ0) is 67.1. The first kappa shape index (κ1) is 72.5. The van der Waals surface area contributed by atoms with Crippen molar-refractivity contribution in [3.05, 3.63) is 65.7 Å². The second-order valence-corrected chi connectivity index (χ2v) is 25.7. The van der Waals surface area contributed by atoms with Crippen molar-refractivity contribution in [2.75, 3.05) is 32.8 Å². The van der Waals surface area contributed by atoms with Crippen LogP contribution in [0.25, 0.3) is 0 Å². The highest BCUT2D eigenvalue weighted by Gasteiger charge is 2.52. The minimum absolute atomic E-state index is 0.0000175. The number of nitrogens with zero attached hydrogens (tertiary/aromatic N) is 3. The van der Waals surface area contributed by atoms with Crippen LogP contribution in [0.5, 0.6) is 5.75 Å². The molecule has 4 aliphatic carbocycles. The number of hydrogen-bond donors (Lipinski definition) is 14. The maximum atomic E-state index is 14.8. The molecule has 5 aliphatic rings. The number of hydrogen-bond acceptors (Lipinski definition) is 14. The molecule has 4 saturated carbocycles. The number of ether oxygens (including phenoxy) is 1. The number of carbonyl (C=O) groups excluding carboxylic acids is 10. The van der Waals surface area contributed by atoms with Crippen LogP contribution in [-0.2, 0) is 60.8 Å². The van der Waals surface area contributed by atoms with Gasteiger partial charge in [-0.1, -0.05) is 56.3 Å². The van der Waals surface area contributed by atoms with Gasteiger partial charge in [-0.2, -0.15) is 0 Å². The fourth-order valence-corrected chi connectivity index (χ4v) is 13.8. The largest absolute Gasteiger partial charge is 0.494 e. The number of unbranched alkanes of at least 4 members (excludes halogenated alkanes) is 1. The van der Waals surface area contributed by atoms with Crippen molar-refractivity contribution in [1.29, 1.82) is 0 Å². The van der Waals surface area contributed by atoms with Crippen LogP contribution in [0.15, 0.2) is 64.6 Å². The lowest BCUT2D eigenvalue weighted by atomic mass is 9.49. The topological polar surface area (TPSA) is 474 Å². The maximum Gasteiger partial charge on any atom is 0.245 e. The summed E-state index contributed by atoms with van der Waals surface area (Å²) < 4.78 is 5.66. The monoisotopic (exact) mass is 1280 g/mol. The van der Waals surface area contributed by atoms with Crippen molar-refractivity contribution in [2.45, 2.75) is 191 Å². The van der Waals surface area contributed by atoms with Crippen molar-refractivity contribution in [2.24, 2.45) is 79.2 Å². The van der Waals surface area contributed by atoms with Gasteiger partial charge in [-0.15, -0.1) is 0 Å². The zero-order valence-corrected chi connectivity index (χ0v) is 53.5. The summed E-state index contributed by atoms with van der Waals surface area (Å²) in [4.78, 5) is 150. The summed E-state index contributed by atoms with van der Waals surface area (Å²) >= 11 is 0. The van der Waals surface area contributed by atoms with Crippen molar-refractivity contribution >= 4 is 71.0 Å². The number of benzene rings is 2. The average Bonchev–Trinajstić information content (AvgIpc) is 0.888. The number of carbonyl (C=O) groups is 10. The SMILES string of the molecule is CCOc1ccc(C[C@@H](NC(=O)CC23CC4CC(CC(C4)C2)C3)C(=O)N[C@@H](Cc2ccccc2)C(=O)N[C@H](C(=O)N[C@@H](CC(N)=O)C(=O)N[C@@H](CCCCN)C(=O)N2CCC[C@@H]2C(=O)N[C@@H](CCCN=C(N)N)C(=O)N[C@@H](CCCN=C(N)N)C(N)=O)C(C)C)cc1. The van der Waals surface area contributed by atoms with E-state index in [1.807, 2.05) is 19.1 Å². The second-order valence-electron chi connectivity index (χ2n) is 25.7. The molecule has 1 aliphatic heterocycles. The first-order valence-electron chi connectivity index (χ1n) is 32.4. The van der Waals surface area contributed by atoms with E-state index in [0.29, 0.717) is 61.4 Å². The lowest BCUT2D eigenvalue weighted by Crippen LogP contribution is -2.61. The predicted molar refractivity (Wildman–Crippen MR) is 346 cm³/mol. The molecule has 1 saturated heterocycles. The number of primary amides is 2. The van der Waals surface area contributed by atoms with Gasteiger partial charge in [0.2, 0.25) is 59.1 Å². The fraction of sp³-hybridized carbons (Fsp3) is 0.625. The van der Waals surface area contributed by atoms with Gasteiger partial charge in [0.05, 0.1) is 13.0 Å². The Kier molecular flexibility index (Phi) is 27.8. The Morgan fingerprint density at radius 2 is 1.10 bits per heavy atom. The first-order chi connectivity index (χ1) is 43.9. The molecule has 28 heteroatoms. The van der Waals surface area contributed by atoms with E-state index in [2.05, 4.69) is 47.2 Å². The van der Waals surface area contributed by atoms with Crippen LogP contribution in [0.2, 0.25) is 0 Å². The smallest absolute Gasteiger partial charge is 0.245 e. The molecule has 92 heavy (non-hydrogen) atoms. The van der Waals surface area contributed by atoms with Crippen LogP contribution in [0.4, 0.5) is 0 Å². The molecule has 2 aromatic rings. The van der Waals surface area contributed by atoms with E-state index < -0.39 is 114 Å². The number of aliphatic imine (C=N–C) groups is 2. The van der Waals surface area contributed by atoms with E-state index in [0.717, 1.165) is 24.8 Å². The fourth-order valence-electron chi connectivity index (χ4n) is 13.8. The number of guanidine groups is 2. The standard InChI is InChI=1S/C64H99N17O11/c1-4-92-43-21-19-39(20-22-43)31-47(74-52(83)36-64-33-40-27-41(34-64)29-42(28-40)35-64)56(86)78-48(30-38-13-6-5-7-14-38)58(88)80-53(37(2)3)60(90)79-49(32-51(66)82)57(87)77-46(15-8-9-23-65)61(91)81-26-12-18-50(81)59(89)76-45(17-11-25-73-63(70)71)55(85)75-44(54(67)84)16-10-24-72-62(68)69/h5-7,13-14,19-22,37,40-42,44-50,53H,4,8-12,15-18,23-36,65H2,1-3H3,(H2,66,82)(H2,67,84)(H,74,83)(H,75,85)(H,76,89)(H,77,87)(H,78,86)(H,79,90)(H,80,88)(H4,68,69,72)(H4,70,71,73)/t40?,41?,42?,44-,45-,46-,47+,48-,49-,50+,53-,64?/m0/s1. The van der Waals surface area contributed by atoms with Crippen LogP contribution in [0.3, 0.4) is 0 Å². The Bertz CT molecular complexity index is 2890. The van der Waals surface area contributed by atoms with Gasteiger partial charge in [0.15, 0.2) is 11.9 Å². The Labute approximate surface area is 538 Å². The lowest BCUT2D eigenvalue weighted by Gasteiger charge is -2.56. The zero-order valence-electron chi connectivity index (χ0n) is 53.5. The highest BCUT2D eigenvalue weighted by atomic mass is 16.5. The molecule has 5 fully saturated rings. The summed E-state index contributed by atoms with van der Waals surface area (Å²) in [7, 11) is 0. The van der Waals surface area contributed by atoms with E-state index in [1.54, 1.807) is 56.3 Å². The van der Waals surface area contributed by atoms with Crippen molar-refractivity contribution in [3.63, 3.8) is 0 Å². The third-order valence-corrected chi connectivity index (χ3v) is 17.8. The van der Waals surface area contributed by atoms with Gasteiger partial charge in [0.1, 0.15) is 54.1 Å². The summed E-state index contributed by atoms with van der Waals surface area (Å²) in [5.74, 6) is -6.00. The molecule has 1 heterocycles. The van der Waals surface area contributed by atoms with Gasteiger partial charge < -0.3 is 87.0 Å². The lowest BCUT2D eigenvalue weighted by molar-refractivity contribution is -0.143. The molecule has 2 aromatic carbocycles. The molecule has 8 atom stereocenters. The molecule has 506 valence electrons. The quantitative estimate of drug-likeness (QED) is 0.0220. The van der Waals surface area contributed by atoms with Crippen LogP contribution < -0.4 is 82.1 Å². The van der Waals surface area contributed by atoms with E-state index >= 15 is 0 Å². The highest BCUT2D eigenvalue weighted by molar-refractivity contribution is 5.99. The minimum atomic E-state index is -1.68. The normalized spacial score (nSPS) is 20.9. The molecule has 0 spiro atoms. The van der Waals surface area contributed by atoms with E-state index in [9.17, 15) is 47.9 Å². The molecule has 28 nitrogen and oxygen atoms in total. The van der Waals surface area contributed by atoms with Gasteiger partial charge in [0, 0.05) is 38.9 Å². The van der Waals surface area contributed by atoms with E-state index in [4.69, 9.17) is 44.9 Å². The molecule has 10 amide bonds. The average molecular weight is 1280 g/mol. The summed E-state index contributed by atoms with van der Waals surface area (Å²) in [5, 5.41) is 19.3. The molecular weight excluding hydrogens is 1180 g/mol. The maximum absolute atomic E-state index is 14.8. The Hall–Kier alpha value is -8.56. The number of likely N-dealkylation sites (tertiary alicyclic amines) is 1. The minimum Gasteiger partial charge on any atom is -0.494 e. The Morgan fingerprint density at radius 3 is 1.65 bits per heavy atom. The number of nitrogens with one attached hydrogen (secondary N) is 7. The molecular formula is C64H99N17O11.